The van der Waals surface area contributed by atoms with Gasteiger partial charge in [-0.1, -0.05) is 0 Å². The molecule has 0 bridgehead atoms. The number of nitrogens with one attached hydrogen (secondary N) is 2. The molecule has 2 amide bonds. The number of aryl methyl sites for hydroxylation is 1. The molecule has 0 atom stereocenters. The van der Waals surface area contributed by atoms with Gasteiger partial charge in [0.2, 0.25) is 5.88 Å². The van der Waals surface area contributed by atoms with Gasteiger partial charge < -0.3 is 19.5 Å². The van der Waals surface area contributed by atoms with Crippen LogP contribution in [0.1, 0.15) is 5.69 Å². The average molecular weight is 437 g/mol. The fraction of sp³-hybridized carbons (Fsp3) is 0.143. The number of nitrogens with zero attached hydrogens (tertiary/aromatic N) is 3. The molecule has 2 aromatic carbocycles. The summed E-state index contributed by atoms with van der Waals surface area (Å²) in [5.41, 5.74) is 2.14. The molecule has 158 valence electrons. The van der Waals surface area contributed by atoms with Crippen molar-refractivity contribution in [3.05, 3.63) is 54.5 Å². The van der Waals surface area contributed by atoms with Gasteiger partial charge in [0, 0.05) is 11.8 Å². The first-order valence-corrected chi connectivity index (χ1v) is 9.99. The Balaban J connectivity index is 1.48. The Morgan fingerprint density at radius 1 is 0.968 bits per heavy atom. The first-order chi connectivity index (χ1) is 15.1. The van der Waals surface area contributed by atoms with Crippen molar-refractivity contribution in [3.63, 3.8) is 0 Å². The normalized spacial score (nSPS) is 10.5. The van der Waals surface area contributed by atoms with Gasteiger partial charge in [-0.3, -0.25) is 5.32 Å². The number of carbonyl (C=O) groups excluding carboxylic acids is 1. The smallest absolute Gasteiger partial charge is 0.324 e. The Hall–Kier alpha value is -3.92. The number of methoxy groups -OCH3 is 2. The summed E-state index contributed by atoms with van der Waals surface area (Å²) in [7, 11) is 3.13. The summed E-state index contributed by atoms with van der Waals surface area (Å²) >= 11 is 1.23. The van der Waals surface area contributed by atoms with Crippen LogP contribution in [0.3, 0.4) is 0 Å². The molecule has 0 aliphatic rings. The van der Waals surface area contributed by atoms with Crippen molar-refractivity contribution in [2.75, 3.05) is 24.9 Å². The van der Waals surface area contributed by atoms with Gasteiger partial charge >= 0.3 is 6.03 Å². The fourth-order valence-electron chi connectivity index (χ4n) is 2.86. The maximum Gasteiger partial charge on any atom is 0.324 e. The summed E-state index contributed by atoms with van der Waals surface area (Å²) in [5.74, 6) is 2.06. The third-order valence-electron chi connectivity index (χ3n) is 4.30. The Morgan fingerprint density at radius 3 is 2.39 bits per heavy atom. The van der Waals surface area contributed by atoms with Gasteiger partial charge in [-0.2, -0.15) is 4.37 Å². The number of carbonyl (C=O) groups is 1. The number of rotatable bonds is 6. The van der Waals surface area contributed by atoms with Gasteiger partial charge in [-0.05, 0) is 54.9 Å². The Bertz CT molecular complexity index is 1230. The monoisotopic (exact) mass is 437 g/mol. The summed E-state index contributed by atoms with van der Waals surface area (Å²) in [6, 6.07) is 11.9. The third-order valence-corrected chi connectivity index (χ3v) is 5.09. The molecule has 2 aromatic heterocycles. The van der Waals surface area contributed by atoms with Crippen LogP contribution in [0, 0.1) is 6.92 Å². The molecule has 2 N–H and O–H groups in total. The highest BCUT2D eigenvalue weighted by molar-refractivity contribution is 7.10. The number of aromatic nitrogens is 3. The molecule has 0 aliphatic carbocycles. The van der Waals surface area contributed by atoms with Crippen LogP contribution >= 0.6 is 11.5 Å². The molecular formula is C21H19N5O4S. The predicted molar refractivity (Wildman–Crippen MR) is 119 cm³/mol. The number of hydrogen-bond acceptors (Lipinski definition) is 8. The van der Waals surface area contributed by atoms with Crippen LogP contribution in [-0.2, 0) is 0 Å². The second-order valence-electron chi connectivity index (χ2n) is 6.44. The Labute approximate surface area is 182 Å². The van der Waals surface area contributed by atoms with Gasteiger partial charge in [0.15, 0.2) is 11.5 Å². The molecule has 4 rings (SSSR count). The third kappa shape index (κ3) is 4.64. The second kappa shape index (κ2) is 8.84. The number of fused-ring (bicyclic) bond motifs is 1. The van der Waals surface area contributed by atoms with Crippen LogP contribution in [0.2, 0.25) is 0 Å². The highest BCUT2D eigenvalue weighted by Crippen LogP contribution is 2.35. The number of benzene rings is 2. The van der Waals surface area contributed by atoms with E-state index in [9.17, 15) is 4.79 Å². The SMILES string of the molecule is COc1cc2ncnc(Oc3ccc(NC(=O)Nc4cc(C)ns4)cc3)c2cc1OC. The maximum atomic E-state index is 12.1. The van der Waals surface area contributed by atoms with Crippen LogP contribution in [0.25, 0.3) is 10.9 Å². The summed E-state index contributed by atoms with van der Waals surface area (Å²) in [5, 5.41) is 6.87. The number of amides is 2. The van der Waals surface area contributed by atoms with E-state index < -0.39 is 0 Å². The zero-order chi connectivity index (χ0) is 21.8. The van der Waals surface area contributed by atoms with Gasteiger partial charge in [-0.25, -0.2) is 14.8 Å². The van der Waals surface area contributed by atoms with Crippen molar-refractivity contribution in [2.45, 2.75) is 6.92 Å². The minimum absolute atomic E-state index is 0.347. The van der Waals surface area contributed by atoms with E-state index in [4.69, 9.17) is 14.2 Å². The van der Waals surface area contributed by atoms with E-state index in [0.29, 0.717) is 44.7 Å². The summed E-state index contributed by atoms with van der Waals surface area (Å²) < 4.78 is 20.7. The molecule has 4 aromatic rings. The molecule has 2 heterocycles. The first kappa shape index (κ1) is 20.4. The van der Waals surface area contributed by atoms with Crippen molar-refractivity contribution in [2.24, 2.45) is 0 Å². The Morgan fingerprint density at radius 2 is 1.71 bits per heavy atom. The van der Waals surface area contributed by atoms with E-state index in [1.807, 2.05) is 6.92 Å². The summed E-state index contributed by atoms with van der Waals surface area (Å²) in [6.07, 6.45) is 1.42. The molecule has 0 saturated heterocycles. The molecule has 31 heavy (non-hydrogen) atoms. The lowest BCUT2D eigenvalue weighted by molar-refractivity contribution is 0.262. The lowest BCUT2D eigenvalue weighted by atomic mass is 10.2. The van der Waals surface area contributed by atoms with Crippen molar-refractivity contribution < 1.29 is 19.0 Å². The molecule has 9 nitrogen and oxygen atoms in total. The highest BCUT2D eigenvalue weighted by atomic mass is 32.1. The molecule has 0 unspecified atom stereocenters. The van der Waals surface area contributed by atoms with E-state index in [1.165, 1.54) is 17.9 Å². The maximum absolute atomic E-state index is 12.1. The Kier molecular flexibility index (Phi) is 5.80. The van der Waals surface area contributed by atoms with Gasteiger partial charge in [0.05, 0.1) is 30.8 Å². The second-order valence-corrected chi connectivity index (χ2v) is 7.25. The summed E-state index contributed by atoms with van der Waals surface area (Å²) in [6.45, 7) is 1.87. The van der Waals surface area contributed by atoms with Crippen LogP contribution in [0.4, 0.5) is 15.5 Å². The molecule has 10 heteroatoms. The number of ether oxygens (including phenoxy) is 3. The quantitative estimate of drug-likeness (QED) is 0.444. The standard InChI is InChI=1S/C21H19N5O4S/c1-12-8-19(31-26-12)25-21(27)24-13-4-6-14(7-5-13)30-20-15-9-17(28-2)18(29-3)10-16(15)22-11-23-20/h4-11H,1-3H3,(H2,24,25,27). The van der Waals surface area contributed by atoms with Crippen molar-refractivity contribution >= 4 is 39.2 Å². The zero-order valence-corrected chi connectivity index (χ0v) is 17.8. The minimum Gasteiger partial charge on any atom is -0.493 e. The largest absolute Gasteiger partial charge is 0.493 e. The lowest BCUT2D eigenvalue weighted by Gasteiger charge is -2.12. The van der Waals surface area contributed by atoms with Crippen LogP contribution in [0.15, 0.2) is 48.8 Å². The average Bonchev–Trinajstić information content (AvgIpc) is 3.18. The van der Waals surface area contributed by atoms with Crippen molar-refractivity contribution in [3.8, 4) is 23.1 Å². The zero-order valence-electron chi connectivity index (χ0n) is 17.0. The molecule has 0 fully saturated rings. The van der Waals surface area contributed by atoms with Crippen LogP contribution in [-0.4, -0.2) is 34.6 Å². The molecule has 0 saturated carbocycles. The van der Waals surface area contributed by atoms with E-state index in [2.05, 4.69) is 25.0 Å². The van der Waals surface area contributed by atoms with Crippen molar-refractivity contribution in [1.29, 1.82) is 0 Å². The highest BCUT2D eigenvalue weighted by Gasteiger charge is 2.13. The van der Waals surface area contributed by atoms with E-state index in [1.54, 1.807) is 56.7 Å². The van der Waals surface area contributed by atoms with Crippen LogP contribution < -0.4 is 24.8 Å². The predicted octanol–water partition coefficient (Wildman–Crippen LogP) is 4.85. The van der Waals surface area contributed by atoms with Gasteiger partial charge in [-0.15, -0.1) is 0 Å². The molecular weight excluding hydrogens is 418 g/mol. The lowest BCUT2D eigenvalue weighted by Crippen LogP contribution is -2.18. The minimum atomic E-state index is -0.347. The number of urea groups is 1. The number of anilines is 2. The van der Waals surface area contributed by atoms with Crippen LogP contribution in [0.5, 0.6) is 23.1 Å². The molecule has 0 radical (unpaired) electrons. The van der Waals surface area contributed by atoms with Crippen molar-refractivity contribution in [1.82, 2.24) is 14.3 Å². The first-order valence-electron chi connectivity index (χ1n) is 9.21. The topological polar surface area (TPSA) is 107 Å². The van der Waals surface area contributed by atoms with Gasteiger partial charge in [0.1, 0.15) is 17.1 Å². The number of hydrogen-bond donors (Lipinski definition) is 2. The molecule has 0 aliphatic heterocycles. The summed E-state index contributed by atoms with van der Waals surface area (Å²) in [4.78, 5) is 20.6. The molecule has 0 spiro atoms. The fourth-order valence-corrected chi connectivity index (χ4v) is 3.51. The van der Waals surface area contributed by atoms with Gasteiger partial charge in [0.25, 0.3) is 0 Å². The van der Waals surface area contributed by atoms with E-state index in [-0.39, 0.29) is 6.03 Å². The van der Waals surface area contributed by atoms with E-state index in [0.717, 1.165) is 5.69 Å². The van der Waals surface area contributed by atoms with E-state index >= 15 is 0 Å².